The molecule has 0 aromatic heterocycles. The van der Waals surface area contributed by atoms with Gasteiger partial charge in [0.15, 0.2) is 25.0 Å². The lowest BCUT2D eigenvalue weighted by atomic mass is 9.43. The molecule has 244 valence electrons. The number of fused-ring (bicyclic) bond motifs is 5. The third-order valence-electron chi connectivity index (χ3n) is 12.0. The minimum atomic E-state index is -1.79. The molecule has 0 aliphatic heterocycles. The molecule has 0 heterocycles. The largest absolute Gasteiger partial charge is 0.469 e. The van der Waals surface area contributed by atoms with E-state index in [0.717, 1.165) is 19.3 Å². The van der Waals surface area contributed by atoms with E-state index < -0.39 is 25.0 Å². The zero-order valence-corrected chi connectivity index (χ0v) is 32.6. The number of rotatable bonds is 10. The molecular formula is C34H66O5Si3. The van der Waals surface area contributed by atoms with Crippen LogP contribution in [-0.2, 0) is 22.8 Å². The van der Waals surface area contributed by atoms with Crippen molar-refractivity contribution in [1.82, 2.24) is 0 Å². The van der Waals surface area contributed by atoms with E-state index in [1.54, 1.807) is 0 Å². The summed E-state index contributed by atoms with van der Waals surface area (Å²) in [7, 11) is -3.76. The van der Waals surface area contributed by atoms with Gasteiger partial charge in [-0.15, -0.1) is 0 Å². The predicted molar refractivity (Wildman–Crippen MR) is 181 cm³/mol. The first-order valence-corrected chi connectivity index (χ1v) is 27.5. The Morgan fingerprint density at radius 1 is 0.738 bits per heavy atom. The van der Waals surface area contributed by atoms with Crippen molar-refractivity contribution in [3.63, 3.8) is 0 Å². The standard InChI is InChI=1S/C34H66O5Si3/c1-23(14-17-30(35)36-4)24-15-16-25-31-26(18-20-33(24,25)2)34(3)21-19-28(37-40(5,6)7)32(39-42(11,12)13)27(34)22-29(31)38-41(8,9)10/h23-29,31-32H,14-22H2,1-13H3/t23?,24-,25?,26?,27-,28-,29-,31?,32-,33-,34-/m1/s1. The van der Waals surface area contributed by atoms with E-state index in [-0.39, 0.29) is 23.6 Å². The molecular weight excluding hydrogens is 573 g/mol. The number of ether oxygens (including phenoxy) is 1. The van der Waals surface area contributed by atoms with Gasteiger partial charge >= 0.3 is 5.97 Å². The molecule has 42 heavy (non-hydrogen) atoms. The molecule has 0 bridgehead atoms. The van der Waals surface area contributed by atoms with Crippen molar-refractivity contribution >= 4 is 30.9 Å². The second kappa shape index (κ2) is 12.3. The first-order valence-electron chi connectivity index (χ1n) is 17.3. The summed E-state index contributed by atoms with van der Waals surface area (Å²) < 4.78 is 26.4. The van der Waals surface area contributed by atoms with Gasteiger partial charge in [-0.25, -0.2) is 0 Å². The van der Waals surface area contributed by atoms with Gasteiger partial charge in [0.25, 0.3) is 0 Å². The summed E-state index contributed by atoms with van der Waals surface area (Å²) in [5, 5.41) is 0. The SMILES string of the molecule is COC(=O)CCC(C)[C@H]1CCC2C3C(CC[C@@]21C)[C@@]1(C)CC[C@@H](O[Si](C)(C)C)[C@H](O[Si](C)(C)C)[C@H]1C[C@H]3O[Si](C)(C)C. The Bertz CT molecular complexity index is 954. The van der Waals surface area contributed by atoms with Crippen LogP contribution in [0.15, 0.2) is 0 Å². The zero-order valence-electron chi connectivity index (χ0n) is 29.6. The van der Waals surface area contributed by atoms with Crippen molar-refractivity contribution in [2.75, 3.05) is 7.11 Å². The molecule has 11 atom stereocenters. The lowest BCUT2D eigenvalue weighted by Gasteiger charge is -2.65. The van der Waals surface area contributed by atoms with E-state index in [0.29, 0.717) is 53.4 Å². The maximum Gasteiger partial charge on any atom is 0.305 e. The quantitative estimate of drug-likeness (QED) is 0.176. The van der Waals surface area contributed by atoms with Crippen LogP contribution < -0.4 is 0 Å². The molecule has 0 saturated heterocycles. The highest BCUT2D eigenvalue weighted by Gasteiger charge is 2.65. The Balaban J connectivity index is 1.68. The Morgan fingerprint density at radius 3 is 1.86 bits per heavy atom. The molecule has 0 amide bonds. The second-order valence-corrected chi connectivity index (χ2v) is 31.6. The molecule has 0 N–H and O–H groups in total. The van der Waals surface area contributed by atoms with Crippen molar-refractivity contribution < 1.29 is 22.8 Å². The number of carbonyl (C=O) groups is 1. The third kappa shape index (κ3) is 7.35. The van der Waals surface area contributed by atoms with E-state index >= 15 is 0 Å². The Morgan fingerprint density at radius 2 is 1.29 bits per heavy atom. The van der Waals surface area contributed by atoms with Crippen LogP contribution in [0.1, 0.15) is 78.6 Å². The second-order valence-electron chi connectivity index (χ2n) is 18.2. The molecule has 4 aliphatic carbocycles. The first kappa shape index (κ1) is 34.9. The summed E-state index contributed by atoms with van der Waals surface area (Å²) >= 11 is 0. The Kier molecular flexibility index (Phi) is 10.2. The molecule has 8 heteroatoms. The zero-order chi connectivity index (χ0) is 31.5. The van der Waals surface area contributed by atoms with E-state index in [9.17, 15) is 4.79 Å². The number of hydrogen-bond acceptors (Lipinski definition) is 5. The average molecular weight is 639 g/mol. The summed E-state index contributed by atoms with van der Waals surface area (Å²) in [5.41, 5.74) is 0.594. The van der Waals surface area contributed by atoms with Crippen LogP contribution in [0.4, 0.5) is 0 Å². The van der Waals surface area contributed by atoms with Crippen molar-refractivity contribution in [3.8, 4) is 0 Å². The fourth-order valence-corrected chi connectivity index (χ4v) is 14.0. The van der Waals surface area contributed by atoms with Gasteiger partial charge in [-0.05, 0) is 157 Å². The fourth-order valence-electron chi connectivity index (χ4n) is 10.5. The van der Waals surface area contributed by atoms with Crippen molar-refractivity contribution in [3.05, 3.63) is 0 Å². The van der Waals surface area contributed by atoms with Crippen molar-refractivity contribution in [2.45, 2.75) is 156 Å². The van der Waals surface area contributed by atoms with Gasteiger partial charge in [-0.3, -0.25) is 4.79 Å². The minimum Gasteiger partial charge on any atom is -0.469 e. The Hall–Kier alpha value is 0.000649. The summed E-state index contributed by atoms with van der Waals surface area (Å²) in [6.07, 6.45) is 10.9. The van der Waals surface area contributed by atoms with Crippen LogP contribution in [0.3, 0.4) is 0 Å². The summed E-state index contributed by atoms with van der Waals surface area (Å²) in [4.78, 5) is 12.0. The molecule has 5 nitrogen and oxygen atoms in total. The molecule has 0 spiro atoms. The van der Waals surface area contributed by atoms with Gasteiger partial charge in [0.05, 0.1) is 19.3 Å². The lowest BCUT2D eigenvalue weighted by molar-refractivity contribution is -0.197. The Labute approximate surface area is 262 Å². The fraction of sp³-hybridized carbons (Fsp3) is 0.971. The van der Waals surface area contributed by atoms with Crippen LogP contribution in [0.25, 0.3) is 0 Å². The van der Waals surface area contributed by atoms with E-state index in [4.69, 9.17) is 18.0 Å². The van der Waals surface area contributed by atoms with Gasteiger partial charge in [0, 0.05) is 12.5 Å². The number of hydrogen-bond donors (Lipinski definition) is 0. The predicted octanol–water partition coefficient (Wildman–Crippen LogP) is 9.11. The normalized spacial score (nSPS) is 41.5. The average Bonchev–Trinajstić information content (AvgIpc) is 3.19. The maximum absolute atomic E-state index is 12.0. The van der Waals surface area contributed by atoms with Crippen LogP contribution in [0.5, 0.6) is 0 Å². The lowest BCUT2D eigenvalue weighted by Crippen LogP contribution is -2.65. The molecule has 4 fully saturated rings. The van der Waals surface area contributed by atoms with Crippen LogP contribution in [-0.4, -0.2) is 56.3 Å². The smallest absolute Gasteiger partial charge is 0.305 e. The highest BCUT2D eigenvalue weighted by atomic mass is 28.4. The maximum atomic E-state index is 12.0. The molecule has 4 rings (SSSR count). The summed E-state index contributed by atoms with van der Waals surface area (Å²) in [6, 6.07) is 0. The highest BCUT2D eigenvalue weighted by molar-refractivity contribution is 6.70. The molecule has 4 saturated carbocycles. The molecule has 4 aliphatic rings. The van der Waals surface area contributed by atoms with Gasteiger partial charge in [-0.2, -0.15) is 0 Å². The molecule has 0 aromatic rings. The van der Waals surface area contributed by atoms with Crippen molar-refractivity contribution in [2.24, 2.45) is 46.3 Å². The highest BCUT2D eigenvalue weighted by Crippen LogP contribution is 2.69. The molecule has 0 radical (unpaired) electrons. The van der Waals surface area contributed by atoms with Gasteiger partial charge in [0.1, 0.15) is 0 Å². The monoisotopic (exact) mass is 638 g/mol. The minimum absolute atomic E-state index is 0.0658. The topological polar surface area (TPSA) is 54.0 Å². The summed E-state index contributed by atoms with van der Waals surface area (Å²) in [6.45, 7) is 28.9. The number of carbonyl (C=O) groups excluding carboxylic acids is 1. The van der Waals surface area contributed by atoms with E-state index in [1.807, 2.05) is 0 Å². The van der Waals surface area contributed by atoms with E-state index in [1.165, 1.54) is 39.2 Å². The molecule has 0 aromatic carbocycles. The van der Waals surface area contributed by atoms with Crippen LogP contribution in [0.2, 0.25) is 58.9 Å². The molecule has 4 unspecified atom stereocenters. The first-order chi connectivity index (χ1) is 19.2. The van der Waals surface area contributed by atoms with Crippen molar-refractivity contribution in [1.29, 1.82) is 0 Å². The van der Waals surface area contributed by atoms with E-state index in [2.05, 4.69) is 79.7 Å². The summed E-state index contributed by atoms with van der Waals surface area (Å²) in [5.74, 6) is 3.65. The third-order valence-corrected chi connectivity index (χ3v) is 15.0. The number of methoxy groups -OCH3 is 1. The van der Waals surface area contributed by atoms with Gasteiger partial charge < -0.3 is 18.0 Å². The van der Waals surface area contributed by atoms with Gasteiger partial charge in [0.2, 0.25) is 0 Å². The van der Waals surface area contributed by atoms with Crippen LogP contribution >= 0.6 is 0 Å². The van der Waals surface area contributed by atoms with Crippen LogP contribution in [0, 0.1) is 46.3 Å². The number of esters is 1. The van der Waals surface area contributed by atoms with Gasteiger partial charge in [-0.1, -0.05) is 20.8 Å².